The van der Waals surface area contributed by atoms with Crippen LogP contribution in [0, 0.1) is 11.6 Å². The number of aliphatic hydroxyl groups excluding tert-OH is 1. The molecule has 2 rings (SSSR count). The first-order valence-electron chi connectivity index (χ1n) is 5.79. The van der Waals surface area contributed by atoms with E-state index in [1.54, 1.807) is 6.07 Å². The standard InChI is InChI=1S/C14H12BrF2NO2/c1-14(20,11-5-10(16)2-3-12(11)17)13(19)8-4-9(15)7-18-6-8/h2-7,13,19-20H,1H3. The predicted molar refractivity (Wildman–Crippen MR) is 72.8 cm³/mol. The summed E-state index contributed by atoms with van der Waals surface area (Å²) in [6, 6.07) is 4.26. The van der Waals surface area contributed by atoms with Crippen LogP contribution in [-0.2, 0) is 5.60 Å². The average molecular weight is 344 g/mol. The molecule has 0 aliphatic heterocycles. The van der Waals surface area contributed by atoms with E-state index in [1.807, 2.05) is 0 Å². The second-order valence-corrected chi connectivity index (χ2v) is 5.53. The maximum absolute atomic E-state index is 13.8. The number of nitrogens with zero attached hydrogens (tertiary/aromatic N) is 1. The SMILES string of the molecule is CC(O)(c1cc(F)ccc1F)C(O)c1cncc(Br)c1. The fourth-order valence-corrected chi connectivity index (χ4v) is 2.32. The highest BCUT2D eigenvalue weighted by atomic mass is 79.9. The summed E-state index contributed by atoms with van der Waals surface area (Å²) in [5, 5.41) is 20.6. The maximum atomic E-state index is 13.8. The third kappa shape index (κ3) is 2.87. The molecule has 6 heteroatoms. The van der Waals surface area contributed by atoms with Gasteiger partial charge in [0.1, 0.15) is 23.3 Å². The molecular formula is C14H12BrF2NO2. The van der Waals surface area contributed by atoms with Crippen molar-refractivity contribution in [3.63, 3.8) is 0 Å². The van der Waals surface area contributed by atoms with Crippen LogP contribution < -0.4 is 0 Å². The van der Waals surface area contributed by atoms with Crippen LogP contribution in [0.1, 0.15) is 24.2 Å². The summed E-state index contributed by atoms with van der Waals surface area (Å²) in [6.45, 7) is 1.22. The van der Waals surface area contributed by atoms with Crippen molar-refractivity contribution in [2.45, 2.75) is 18.6 Å². The fourth-order valence-electron chi connectivity index (χ4n) is 1.94. The summed E-state index contributed by atoms with van der Waals surface area (Å²) in [6.07, 6.45) is 1.40. The van der Waals surface area contributed by atoms with E-state index in [-0.39, 0.29) is 11.1 Å². The minimum atomic E-state index is -1.99. The second-order valence-electron chi connectivity index (χ2n) is 4.61. The van der Waals surface area contributed by atoms with E-state index in [9.17, 15) is 19.0 Å². The third-order valence-corrected chi connectivity index (χ3v) is 3.48. The van der Waals surface area contributed by atoms with Crippen molar-refractivity contribution < 1.29 is 19.0 Å². The molecule has 0 saturated heterocycles. The number of aromatic nitrogens is 1. The van der Waals surface area contributed by atoms with Crippen LogP contribution in [0.25, 0.3) is 0 Å². The summed E-state index contributed by atoms with van der Waals surface area (Å²) in [4.78, 5) is 3.87. The van der Waals surface area contributed by atoms with Gasteiger partial charge in [0, 0.05) is 28.0 Å². The Labute approximate surface area is 123 Å². The lowest BCUT2D eigenvalue weighted by atomic mass is 9.86. The Balaban J connectivity index is 2.46. The zero-order valence-electron chi connectivity index (χ0n) is 10.5. The number of rotatable bonds is 3. The van der Waals surface area contributed by atoms with Gasteiger partial charge >= 0.3 is 0 Å². The minimum absolute atomic E-state index is 0.285. The summed E-state index contributed by atoms with van der Waals surface area (Å²) < 4.78 is 27.6. The van der Waals surface area contributed by atoms with Crippen molar-refractivity contribution in [2.75, 3.05) is 0 Å². The van der Waals surface area contributed by atoms with Gasteiger partial charge in [-0.25, -0.2) is 8.78 Å². The van der Waals surface area contributed by atoms with E-state index in [0.29, 0.717) is 4.47 Å². The lowest BCUT2D eigenvalue weighted by molar-refractivity contribution is -0.0715. The Morgan fingerprint density at radius 1 is 1.25 bits per heavy atom. The first-order chi connectivity index (χ1) is 9.32. The van der Waals surface area contributed by atoms with E-state index >= 15 is 0 Å². The Morgan fingerprint density at radius 3 is 2.60 bits per heavy atom. The Morgan fingerprint density at radius 2 is 1.95 bits per heavy atom. The van der Waals surface area contributed by atoms with E-state index < -0.39 is 23.3 Å². The van der Waals surface area contributed by atoms with Gasteiger partial charge in [0.2, 0.25) is 0 Å². The van der Waals surface area contributed by atoms with Crippen molar-refractivity contribution in [2.24, 2.45) is 0 Å². The van der Waals surface area contributed by atoms with Crippen molar-refractivity contribution in [3.8, 4) is 0 Å². The summed E-state index contributed by atoms with van der Waals surface area (Å²) in [5.41, 5.74) is -2.02. The lowest BCUT2D eigenvalue weighted by Crippen LogP contribution is -2.31. The van der Waals surface area contributed by atoms with E-state index in [4.69, 9.17) is 0 Å². The van der Waals surface area contributed by atoms with Crippen molar-refractivity contribution in [1.29, 1.82) is 0 Å². The highest BCUT2D eigenvalue weighted by Crippen LogP contribution is 2.36. The number of halogens is 3. The predicted octanol–water partition coefficient (Wildman–Crippen LogP) is 3.06. The van der Waals surface area contributed by atoms with Crippen LogP contribution in [0.5, 0.6) is 0 Å². The fraction of sp³-hybridized carbons (Fsp3) is 0.214. The number of pyridine rings is 1. The van der Waals surface area contributed by atoms with Crippen LogP contribution in [0.3, 0.4) is 0 Å². The third-order valence-electron chi connectivity index (χ3n) is 3.05. The molecule has 2 atom stereocenters. The highest BCUT2D eigenvalue weighted by molar-refractivity contribution is 9.10. The molecular weight excluding hydrogens is 332 g/mol. The molecule has 20 heavy (non-hydrogen) atoms. The number of hydrogen-bond donors (Lipinski definition) is 2. The molecule has 3 nitrogen and oxygen atoms in total. The van der Waals surface area contributed by atoms with Crippen LogP contribution in [-0.4, -0.2) is 15.2 Å². The van der Waals surface area contributed by atoms with E-state index in [1.165, 1.54) is 19.3 Å². The lowest BCUT2D eigenvalue weighted by Gasteiger charge is -2.30. The summed E-state index contributed by atoms with van der Waals surface area (Å²) >= 11 is 3.19. The molecule has 0 bridgehead atoms. The minimum Gasteiger partial charge on any atom is -0.385 e. The van der Waals surface area contributed by atoms with Gasteiger partial charge in [0.05, 0.1) is 0 Å². The second kappa shape index (κ2) is 5.55. The van der Waals surface area contributed by atoms with Crippen molar-refractivity contribution >= 4 is 15.9 Å². The molecule has 0 aliphatic carbocycles. The maximum Gasteiger partial charge on any atom is 0.129 e. The molecule has 106 valence electrons. The zero-order chi connectivity index (χ0) is 14.9. The smallest absolute Gasteiger partial charge is 0.129 e. The number of benzene rings is 1. The molecule has 0 aliphatic rings. The van der Waals surface area contributed by atoms with Gasteiger partial charge in [-0.1, -0.05) is 0 Å². The first kappa shape index (κ1) is 15.0. The number of aliphatic hydroxyl groups is 2. The molecule has 0 spiro atoms. The van der Waals surface area contributed by atoms with Gasteiger partial charge < -0.3 is 10.2 Å². The van der Waals surface area contributed by atoms with Crippen LogP contribution in [0.4, 0.5) is 8.78 Å². The molecule has 0 saturated carbocycles. The molecule has 2 unspecified atom stereocenters. The quantitative estimate of drug-likeness (QED) is 0.900. The molecule has 1 heterocycles. The molecule has 0 amide bonds. The van der Waals surface area contributed by atoms with Crippen LogP contribution in [0.2, 0.25) is 0 Å². The Hall–Kier alpha value is -1.37. The Kier molecular flexibility index (Phi) is 4.17. The topological polar surface area (TPSA) is 53.4 Å². The Bertz CT molecular complexity index is 634. The zero-order valence-corrected chi connectivity index (χ0v) is 12.1. The van der Waals surface area contributed by atoms with Gasteiger partial charge in [0.15, 0.2) is 0 Å². The molecule has 2 aromatic rings. The number of hydrogen-bond acceptors (Lipinski definition) is 3. The molecule has 2 N–H and O–H groups in total. The largest absolute Gasteiger partial charge is 0.385 e. The normalized spacial score (nSPS) is 15.7. The highest BCUT2D eigenvalue weighted by Gasteiger charge is 2.36. The molecule has 1 aromatic carbocycles. The molecule has 0 radical (unpaired) electrons. The van der Waals surface area contributed by atoms with Gasteiger partial charge in [0.25, 0.3) is 0 Å². The molecule has 0 fully saturated rings. The van der Waals surface area contributed by atoms with Crippen LogP contribution in [0.15, 0.2) is 41.1 Å². The van der Waals surface area contributed by atoms with Crippen molar-refractivity contribution in [3.05, 3.63) is 63.9 Å². The van der Waals surface area contributed by atoms with Crippen molar-refractivity contribution in [1.82, 2.24) is 4.98 Å². The van der Waals surface area contributed by atoms with E-state index in [0.717, 1.165) is 18.2 Å². The van der Waals surface area contributed by atoms with Gasteiger partial charge in [-0.05, 0) is 47.1 Å². The average Bonchev–Trinajstić information content (AvgIpc) is 2.40. The monoisotopic (exact) mass is 343 g/mol. The first-order valence-corrected chi connectivity index (χ1v) is 6.58. The van der Waals surface area contributed by atoms with Gasteiger partial charge in [-0.15, -0.1) is 0 Å². The van der Waals surface area contributed by atoms with Gasteiger partial charge in [-0.3, -0.25) is 4.98 Å². The summed E-state index contributed by atoms with van der Waals surface area (Å²) in [7, 11) is 0. The van der Waals surface area contributed by atoms with Crippen LogP contribution >= 0.6 is 15.9 Å². The molecule has 1 aromatic heterocycles. The van der Waals surface area contributed by atoms with Gasteiger partial charge in [-0.2, -0.15) is 0 Å². The summed E-state index contributed by atoms with van der Waals surface area (Å²) in [5.74, 6) is -1.49. The van der Waals surface area contributed by atoms with E-state index in [2.05, 4.69) is 20.9 Å².